The molecule has 1 heterocycles. The number of sulfonamides is 1. The molecule has 19 heavy (non-hydrogen) atoms. The lowest BCUT2D eigenvalue weighted by Crippen LogP contribution is -2.47. The molecule has 0 aromatic heterocycles. The van der Waals surface area contributed by atoms with Gasteiger partial charge in [0.25, 0.3) is 0 Å². The molecular weight excluding hydrogens is 286 g/mol. The van der Waals surface area contributed by atoms with E-state index in [0.29, 0.717) is 23.8 Å². The third-order valence-electron chi connectivity index (χ3n) is 3.27. The van der Waals surface area contributed by atoms with Gasteiger partial charge in [-0.05, 0) is 17.7 Å². The molecule has 2 rings (SSSR count). The Morgan fingerprint density at radius 1 is 1.26 bits per heavy atom. The van der Waals surface area contributed by atoms with Crippen molar-refractivity contribution in [3.8, 4) is 0 Å². The van der Waals surface area contributed by atoms with Crippen molar-refractivity contribution in [1.82, 2.24) is 9.21 Å². The average molecular weight is 304 g/mol. The molecule has 0 bridgehead atoms. The van der Waals surface area contributed by atoms with E-state index in [9.17, 15) is 8.42 Å². The monoisotopic (exact) mass is 303 g/mol. The summed E-state index contributed by atoms with van der Waals surface area (Å²) in [5.74, 6) is 0. The van der Waals surface area contributed by atoms with Crippen molar-refractivity contribution in [1.29, 1.82) is 0 Å². The minimum atomic E-state index is -3.07. The van der Waals surface area contributed by atoms with E-state index in [1.54, 1.807) is 6.07 Å². The Hall–Kier alpha value is -0.820. The third kappa shape index (κ3) is 3.82. The zero-order valence-corrected chi connectivity index (χ0v) is 12.4. The molecule has 106 valence electrons. The van der Waals surface area contributed by atoms with Crippen molar-refractivity contribution in [3.05, 3.63) is 28.8 Å². The first-order valence-corrected chi connectivity index (χ1v) is 8.30. The fourth-order valence-electron chi connectivity index (χ4n) is 2.15. The smallest absolute Gasteiger partial charge is 0.211 e. The lowest BCUT2D eigenvalue weighted by atomic mass is 10.2. The van der Waals surface area contributed by atoms with E-state index >= 15 is 0 Å². The van der Waals surface area contributed by atoms with Crippen LogP contribution in [0.25, 0.3) is 0 Å². The van der Waals surface area contributed by atoms with Gasteiger partial charge >= 0.3 is 0 Å². The number of benzene rings is 1. The van der Waals surface area contributed by atoms with Gasteiger partial charge in [-0.1, -0.05) is 17.7 Å². The number of hydrogen-bond acceptors (Lipinski definition) is 4. The maximum atomic E-state index is 11.4. The standard InChI is InChI=1S/C12H18ClN3O2S/c1-19(17,18)16-6-4-15(5-7-16)9-10-2-3-12(14)11(13)8-10/h2-3,8H,4-7,9,14H2,1H3. The summed E-state index contributed by atoms with van der Waals surface area (Å²) in [7, 11) is -3.07. The highest BCUT2D eigenvalue weighted by Gasteiger charge is 2.23. The largest absolute Gasteiger partial charge is 0.398 e. The first-order chi connectivity index (χ1) is 8.86. The molecule has 7 heteroatoms. The summed E-state index contributed by atoms with van der Waals surface area (Å²) in [5.41, 5.74) is 7.34. The fraction of sp³-hybridized carbons (Fsp3) is 0.500. The maximum Gasteiger partial charge on any atom is 0.211 e. The second kappa shape index (κ2) is 5.66. The second-order valence-electron chi connectivity index (χ2n) is 4.79. The number of hydrogen-bond donors (Lipinski definition) is 1. The Kier molecular flexibility index (Phi) is 4.35. The normalized spacial score (nSPS) is 18.6. The van der Waals surface area contributed by atoms with Crippen LogP contribution in [-0.4, -0.2) is 50.1 Å². The van der Waals surface area contributed by atoms with E-state index in [4.69, 9.17) is 17.3 Å². The SMILES string of the molecule is CS(=O)(=O)N1CCN(Cc2ccc(N)c(Cl)c2)CC1. The molecule has 0 amide bonds. The molecule has 1 aromatic rings. The summed E-state index contributed by atoms with van der Waals surface area (Å²) in [4.78, 5) is 2.21. The molecule has 0 aliphatic carbocycles. The van der Waals surface area contributed by atoms with Gasteiger partial charge in [-0.15, -0.1) is 0 Å². The van der Waals surface area contributed by atoms with Crippen LogP contribution in [0.5, 0.6) is 0 Å². The van der Waals surface area contributed by atoms with Crippen LogP contribution >= 0.6 is 11.6 Å². The number of anilines is 1. The van der Waals surface area contributed by atoms with E-state index in [2.05, 4.69) is 4.90 Å². The average Bonchev–Trinajstić information content (AvgIpc) is 2.33. The summed E-state index contributed by atoms with van der Waals surface area (Å²) in [6.07, 6.45) is 1.25. The Bertz CT molecular complexity index is 554. The van der Waals surface area contributed by atoms with Crippen LogP contribution in [0, 0.1) is 0 Å². The number of rotatable bonds is 3. The lowest BCUT2D eigenvalue weighted by molar-refractivity contribution is 0.182. The summed E-state index contributed by atoms with van der Waals surface area (Å²) < 4.78 is 24.3. The Labute approximate surface area is 119 Å². The second-order valence-corrected chi connectivity index (χ2v) is 7.18. The van der Waals surface area contributed by atoms with Gasteiger partial charge in [0, 0.05) is 32.7 Å². The van der Waals surface area contributed by atoms with Crippen molar-refractivity contribution in [3.63, 3.8) is 0 Å². The first kappa shape index (κ1) is 14.6. The zero-order valence-electron chi connectivity index (χ0n) is 10.8. The molecule has 0 atom stereocenters. The molecule has 1 aromatic carbocycles. The first-order valence-electron chi connectivity index (χ1n) is 6.07. The van der Waals surface area contributed by atoms with E-state index in [0.717, 1.165) is 25.2 Å². The van der Waals surface area contributed by atoms with Gasteiger partial charge in [0.15, 0.2) is 0 Å². The number of halogens is 1. The van der Waals surface area contributed by atoms with Gasteiger partial charge in [0.2, 0.25) is 10.0 Å². The van der Waals surface area contributed by atoms with Gasteiger partial charge < -0.3 is 5.73 Å². The summed E-state index contributed by atoms with van der Waals surface area (Å²) >= 11 is 5.98. The Morgan fingerprint density at radius 3 is 2.42 bits per heavy atom. The lowest BCUT2D eigenvalue weighted by Gasteiger charge is -2.33. The predicted octanol–water partition coefficient (Wildman–Crippen LogP) is 0.999. The predicted molar refractivity (Wildman–Crippen MR) is 77.6 cm³/mol. The van der Waals surface area contributed by atoms with Gasteiger partial charge in [-0.2, -0.15) is 4.31 Å². The van der Waals surface area contributed by atoms with Gasteiger partial charge in [0.1, 0.15) is 0 Å². The van der Waals surface area contributed by atoms with E-state index in [-0.39, 0.29) is 0 Å². The van der Waals surface area contributed by atoms with Crippen LogP contribution in [0.1, 0.15) is 5.56 Å². The Morgan fingerprint density at radius 2 is 1.89 bits per heavy atom. The molecule has 1 aliphatic heterocycles. The minimum Gasteiger partial charge on any atom is -0.398 e. The molecule has 0 saturated carbocycles. The molecule has 1 aliphatic rings. The third-order valence-corrected chi connectivity index (χ3v) is 4.90. The van der Waals surface area contributed by atoms with Crippen LogP contribution in [0.2, 0.25) is 5.02 Å². The fourth-order valence-corrected chi connectivity index (χ4v) is 3.18. The minimum absolute atomic E-state index is 0.543. The highest BCUT2D eigenvalue weighted by molar-refractivity contribution is 7.88. The van der Waals surface area contributed by atoms with Crippen molar-refractivity contribution in [2.45, 2.75) is 6.54 Å². The van der Waals surface area contributed by atoms with Gasteiger partial charge in [-0.3, -0.25) is 4.90 Å². The van der Waals surface area contributed by atoms with E-state index < -0.39 is 10.0 Å². The van der Waals surface area contributed by atoms with E-state index in [1.807, 2.05) is 12.1 Å². The number of nitrogens with two attached hydrogens (primary N) is 1. The molecule has 5 nitrogen and oxygen atoms in total. The summed E-state index contributed by atoms with van der Waals surface area (Å²) in [6.45, 7) is 3.31. The highest BCUT2D eigenvalue weighted by Crippen LogP contribution is 2.21. The highest BCUT2D eigenvalue weighted by atomic mass is 35.5. The van der Waals surface area contributed by atoms with E-state index in [1.165, 1.54) is 10.6 Å². The molecule has 0 spiro atoms. The Balaban J connectivity index is 1.94. The quantitative estimate of drug-likeness (QED) is 0.846. The molecule has 1 saturated heterocycles. The molecule has 0 unspecified atom stereocenters. The number of piperazine rings is 1. The zero-order chi connectivity index (χ0) is 14.0. The van der Waals surface area contributed by atoms with Crippen LogP contribution in [0.4, 0.5) is 5.69 Å². The maximum absolute atomic E-state index is 11.4. The van der Waals surface area contributed by atoms with Gasteiger partial charge in [0.05, 0.1) is 17.0 Å². The van der Waals surface area contributed by atoms with Crippen LogP contribution in [0.15, 0.2) is 18.2 Å². The number of nitrogens with zero attached hydrogens (tertiary/aromatic N) is 2. The summed E-state index contributed by atoms with van der Waals surface area (Å²) in [6, 6.07) is 5.61. The molecule has 0 radical (unpaired) electrons. The van der Waals surface area contributed by atoms with Crippen LogP contribution in [-0.2, 0) is 16.6 Å². The van der Waals surface area contributed by atoms with Crippen molar-refractivity contribution in [2.75, 3.05) is 38.2 Å². The molecule has 1 fully saturated rings. The van der Waals surface area contributed by atoms with Crippen molar-refractivity contribution < 1.29 is 8.42 Å². The van der Waals surface area contributed by atoms with Crippen molar-refractivity contribution >= 4 is 27.3 Å². The summed E-state index contributed by atoms with van der Waals surface area (Å²) in [5, 5.41) is 0.562. The molecule has 2 N–H and O–H groups in total. The number of nitrogen functional groups attached to an aromatic ring is 1. The van der Waals surface area contributed by atoms with Crippen molar-refractivity contribution in [2.24, 2.45) is 0 Å². The van der Waals surface area contributed by atoms with Gasteiger partial charge in [-0.25, -0.2) is 8.42 Å². The topological polar surface area (TPSA) is 66.6 Å². The van der Waals surface area contributed by atoms with Crippen LogP contribution in [0.3, 0.4) is 0 Å². The van der Waals surface area contributed by atoms with Crippen LogP contribution < -0.4 is 5.73 Å². The molecular formula is C12H18ClN3O2S.